The molecule has 0 bridgehead atoms. The third-order valence-corrected chi connectivity index (χ3v) is 3.13. The number of hydrogen-bond acceptors (Lipinski definition) is 1. The van der Waals surface area contributed by atoms with E-state index in [1.807, 2.05) is 12.1 Å². The molecule has 0 radical (unpaired) electrons. The van der Waals surface area contributed by atoms with Crippen LogP contribution < -0.4 is 0 Å². The number of aryl methyl sites for hydroxylation is 3. The number of carbonyl (C=O) groups is 1. The number of benzene rings is 1. The largest absolute Gasteiger partial charge is 0.481 e. The van der Waals surface area contributed by atoms with E-state index in [2.05, 4.69) is 30.7 Å². The summed E-state index contributed by atoms with van der Waals surface area (Å²) in [7, 11) is 0. The highest BCUT2D eigenvalue weighted by Gasteiger charge is 2.09. The monoisotopic (exact) mass is 231 g/mol. The van der Waals surface area contributed by atoms with Gasteiger partial charge in [-0.25, -0.2) is 0 Å². The first-order chi connectivity index (χ1) is 8.13. The molecule has 0 aliphatic heterocycles. The number of carboxylic acid groups (broad SMARTS) is 1. The SMILES string of the molecule is CCn1cc(C)c2c(CCC(=O)O)cccc21. The molecule has 0 aliphatic carbocycles. The Hall–Kier alpha value is -1.77. The van der Waals surface area contributed by atoms with Gasteiger partial charge in [-0.05, 0) is 37.5 Å². The Morgan fingerprint density at radius 2 is 2.18 bits per heavy atom. The van der Waals surface area contributed by atoms with Crippen LogP contribution in [-0.2, 0) is 17.8 Å². The molecule has 0 spiro atoms. The molecule has 0 aliphatic rings. The zero-order valence-electron chi connectivity index (χ0n) is 10.2. The van der Waals surface area contributed by atoms with E-state index >= 15 is 0 Å². The Morgan fingerprint density at radius 1 is 1.41 bits per heavy atom. The summed E-state index contributed by atoms with van der Waals surface area (Å²) >= 11 is 0. The van der Waals surface area contributed by atoms with Crippen LogP contribution in [0.2, 0.25) is 0 Å². The number of fused-ring (bicyclic) bond motifs is 1. The van der Waals surface area contributed by atoms with E-state index in [-0.39, 0.29) is 6.42 Å². The lowest BCUT2D eigenvalue weighted by molar-refractivity contribution is -0.136. The summed E-state index contributed by atoms with van der Waals surface area (Å²) in [5.74, 6) is -0.741. The van der Waals surface area contributed by atoms with E-state index in [0.29, 0.717) is 6.42 Å². The molecule has 1 heterocycles. The quantitative estimate of drug-likeness (QED) is 0.879. The van der Waals surface area contributed by atoms with Gasteiger partial charge in [-0.1, -0.05) is 12.1 Å². The van der Waals surface area contributed by atoms with Crippen LogP contribution in [0.1, 0.15) is 24.5 Å². The third-order valence-electron chi connectivity index (χ3n) is 3.13. The van der Waals surface area contributed by atoms with Crippen molar-refractivity contribution in [2.75, 3.05) is 0 Å². The minimum atomic E-state index is -0.741. The Labute approximate surface area is 101 Å². The highest BCUT2D eigenvalue weighted by Crippen LogP contribution is 2.25. The van der Waals surface area contributed by atoms with Crippen molar-refractivity contribution in [3.05, 3.63) is 35.5 Å². The summed E-state index contributed by atoms with van der Waals surface area (Å²) in [4.78, 5) is 10.6. The molecule has 0 unspecified atom stereocenters. The second kappa shape index (κ2) is 4.62. The highest BCUT2D eigenvalue weighted by atomic mass is 16.4. The van der Waals surface area contributed by atoms with Crippen LogP contribution in [0.5, 0.6) is 0 Å². The minimum Gasteiger partial charge on any atom is -0.481 e. The molecule has 1 aromatic carbocycles. The van der Waals surface area contributed by atoms with Crippen molar-refractivity contribution >= 4 is 16.9 Å². The Kier molecular flexibility index (Phi) is 3.18. The molecule has 2 aromatic rings. The highest BCUT2D eigenvalue weighted by molar-refractivity contribution is 5.87. The molecule has 17 heavy (non-hydrogen) atoms. The molecule has 0 atom stereocenters. The molecule has 90 valence electrons. The third kappa shape index (κ3) is 2.18. The van der Waals surface area contributed by atoms with Gasteiger partial charge in [0.1, 0.15) is 0 Å². The van der Waals surface area contributed by atoms with Gasteiger partial charge < -0.3 is 9.67 Å². The van der Waals surface area contributed by atoms with Crippen molar-refractivity contribution in [1.29, 1.82) is 0 Å². The van der Waals surface area contributed by atoms with Crippen molar-refractivity contribution < 1.29 is 9.90 Å². The Morgan fingerprint density at radius 3 is 2.82 bits per heavy atom. The molecule has 0 saturated carbocycles. The summed E-state index contributed by atoms with van der Waals surface area (Å²) in [6, 6.07) is 6.12. The second-order valence-corrected chi connectivity index (χ2v) is 4.30. The molecule has 0 amide bonds. The van der Waals surface area contributed by atoms with Crippen molar-refractivity contribution in [3.63, 3.8) is 0 Å². The number of hydrogen-bond donors (Lipinski definition) is 1. The fourth-order valence-electron chi connectivity index (χ4n) is 2.36. The number of rotatable bonds is 4. The van der Waals surface area contributed by atoms with Gasteiger partial charge in [-0.3, -0.25) is 4.79 Å². The van der Waals surface area contributed by atoms with Crippen LogP contribution in [0.15, 0.2) is 24.4 Å². The number of nitrogens with zero attached hydrogens (tertiary/aromatic N) is 1. The minimum absolute atomic E-state index is 0.190. The van der Waals surface area contributed by atoms with Gasteiger partial charge in [0.2, 0.25) is 0 Å². The van der Waals surface area contributed by atoms with Crippen molar-refractivity contribution in [1.82, 2.24) is 4.57 Å². The average Bonchev–Trinajstić information content (AvgIpc) is 2.64. The Bertz CT molecular complexity index is 555. The molecular weight excluding hydrogens is 214 g/mol. The van der Waals surface area contributed by atoms with Crippen molar-refractivity contribution in [2.24, 2.45) is 0 Å². The lowest BCUT2D eigenvalue weighted by Gasteiger charge is -2.04. The standard InChI is InChI=1S/C14H17NO2/c1-3-15-9-10(2)14-11(7-8-13(16)17)5-4-6-12(14)15/h4-6,9H,3,7-8H2,1-2H3,(H,16,17). The maximum absolute atomic E-state index is 10.6. The molecule has 3 heteroatoms. The first-order valence-electron chi connectivity index (χ1n) is 5.92. The first kappa shape index (κ1) is 11.7. The van der Waals surface area contributed by atoms with Gasteiger partial charge in [0.05, 0.1) is 0 Å². The van der Waals surface area contributed by atoms with E-state index in [1.165, 1.54) is 16.5 Å². The van der Waals surface area contributed by atoms with Crippen LogP contribution in [0, 0.1) is 6.92 Å². The predicted molar refractivity (Wildman–Crippen MR) is 68.3 cm³/mol. The lowest BCUT2D eigenvalue weighted by Crippen LogP contribution is -1.98. The molecule has 1 N–H and O–H groups in total. The molecular formula is C14H17NO2. The fraction of sp³-hybridized carbons (Fsp3) is 0.357. The van der Waals surface area contributed by atoms with Gasteiger partial charge in [-0.2, -0.15) is 0 Å². The van der Waals surface area contributed by atoms with Gasteiger partial charge in [0.25, 0.3) is 0 Å². The zero-order valence-corrected chi connectivity index (χ0v) is 10.2. The normalized spacial score (nSPS) is 10.9. The van der Waals surface area contributed by atoms with Crippen LogP contribution in [0.3, 0.4) is 0 Å². The van der Waals surface area contributed by atoms with E-state index in [1.54, 1.807) is 0 Å². The summed E-state index contributed by atoms with van der Waals surface area (Å²) < 4.78 is 2.20. The van der Waals surface area contributed by atoms with Gasteiger partial charge in [0, 0.05) is 30.1 Å². The molecule has 3 nitrogen and oxygen atoms in total. The second-order valence-electron chi connectivity index (χ2n) is 4.30. The fourth-order valence-corrected chi connectivity index (χ4v) is 2.36. The lowest BCUT2D eigenvalue weighted by atomic mass is 10.0. The van der Waals surface area contributed by atoms with Gasteiger partial charge >= 0.3 is 5.97 Å². The average molecular weight is 231 g/mol. The molecule has 0 fully saturated rings. The smallest absolute Gasteiger partial charge is 0.303 e. The summed E-state index contributed by atoms with van der Waals surface area (Å²) in [6.45, 7) is 5.13. The number of aromatic nitrogens is 1. The summed E-state index contributed by atoms with van der Waals surface area (Å²) in [6.07, 6.45) is 2.92. The van der Waals surface area contributed by atoms with Gasteiger partial charge in [-0.15, -0.1) is 0 Å². The van der Waals surface area contributed by atoms with Crippen LogP contribution in [0.4, 0.5) is 0 Å². The summed E-state index contributed by atoms with van der Waals surface area (Å²) in [5.41, 5.74) is 3.56. The molecule has 0 saturated heterocycles. The molecule has 1 aromatic heterocycles. The van der Waals surface area contributed by atoms with Crippen LogP contribution >= 0.6 is 0 Å². The predicted octanol–water partition coefficient (Wildman–Crippen LogP) is 2.99. The maximum atomic E-state index is 10.6. The first-order valence-corrected chi connectivity index (χ1v) is 5.92. The number of aliphatic carboxylic acids is 1. The van der Waals surface area contributed by atoms with E-state index in [9.17, 15) is 4.79 Å². The molecule has 2 rings (SSSR count). The maximum Gasteiger partial charge on any atom is 0.303 e. The van der Waals surface area contributed by atoms with E-state index < -0.39 is 5.97 Å². The zero-order chi connectivity index (χ0) is 12.4. The topological polar surface area (TPSA) is 42.2 Å². The van der Waals surface area contributed by atoms with Gasteiger partial charge in [0.15, 0.2) is 0 Å². The summed E-state index contributed by atoms with van der Waals surface area (Å²) in [5, 5.41) is 9.98. The van der Waals surface area contributed by atoms with Crippen LogP contribution in [0.25, 0.3) is 10.9 Å². The van der Waals surface area contributed by atoms with E-state index in [4.69, 9.17) is 5.11 Å². The number of carboxylic acids is 1. The van der Waals surface area contributed by atoms with Crippen molar-refractivity contribution in [2.45, 2.75) is 33.2 Å². The van der Waals surface area contributed by atoms with Crippen molar-refractivity contribution in [3.8, 4) is 0 Å². The van der Waals surface area contributed by atoms with Crippen LogP contribution in [-0.4, -0.2) is 15.6 Å². The Balaban J connectivity index is 2.49. The van der Waals surface area contributed by atoms with E-state index in [0.717, 1.165) is 12.1 Å².